The lowest BCUT2D eigenvalue weighted by Crippen LogP contribution is -2.40. The number of halogens is 3. The molecule has 0 aliphatic rings. The molecule has 1 aromatic carbocycles. The summed E-state index contributed by atoms with van der Waals surface area (Å²) in [5.74, 6) is -1.01. The largest absolute Gasteiger partial charge is 0.416 e. The van der Waals surface area contributed by atoms with E-state index in [-0.39, 0.29) is 24.8 Å². The van der Waals surface area contributed by atoms with Crippen LogP contribution in [-0.2, 0) is 22.2 Å². The molecule has 128 valence electrons. The summed E-state index contributed by atoms with van der Waals surface area (Å²) in [5.41, 5.74) is -0.293. The highest BCUT2D eigenvalue weighted by atomic mass is 19.4. The minimum absolute atomic E-state index is 0.0568. The quantitative estimate of drug-likeness (QED) is 0.832. The van der Waals surface area contributed by atoms with E-state index >= 15 is 0 Å². The second-order valence-corrected chi connectivity index (χ2v) is 5.79. The lowest BCUT2D eigenvalue weighted by molar-refractivity contribution is -0.140. The third-order valence-corrected chi connectivity index (χ3v) is 3.47. The van der Waals surface area contributed by atoms with Gasteiger partial charge in [0.05, 0.1) is 12.1 Å². The smallest absolute Gasteiger partial charge is 0.347 e. The minimum atomic E-state index is -4.40. The van der Waals surface area contributed by atoms with Crippen molar-refractivity contribution in [2.24, 2.45) is 5.92 Å². The molecule has 0 unspecified atom stereocenters. The first-order valence-corrected chi connectivity index (χ1v) is 7.13. The van der Waals surface area contributed by atoms with Crippen LogP contribution in [0.1, 0.15) is 18.1 Å². The Kier molecular flexibility index (Phi) is 6.18. The Bertz CT molecular complexity index is 571. The van der Waals surface area contributed by atoms with Crippen molar-refractivity contribution in [3.8, 4) is 0 Å². The highest BCUT2D eigenvalue weighted by molar-refractivity contribution is 5.85. The number of rotatable bonds is 5. The van der Waals surface area contributed by atoms with E-state index in [0.717, 1.165) is 12.1 Å². The Hall–Kier alpha value is -2.05. The van der Waals surface area contributed by atoms with E-state index in [1.807, 2.05) is 0 Å². The SMILES string of the molecule is C[C@H](Cc1cccc(C(F)(F)F)c1)C(=O)N(C)CC(=O)N(C)C. The van der Waals surface area contributed by atoms with Gasteiger partial charge >= 0.3 is 6.18 Å². The topological polar surface area (TPSA) is 40.6 Å². The molecule has 4 nitrogen and oxygen atoms in total. The molecule has 1 rings (SSSR count). The van der Waals surface area contributed by atoms with E-state index in [1.165, 1.54) is 22.9 Å². The number of hydrogen-bond acceptors (Lipinski definition) is 2. The van der Waals surface area contributed by atoms with E-state index in [9.17, 15) is 22.8 Å². The van der Waals surface area contributed by atoms with Crippen LogP contribution in [0.3, 0.4) is 0 Å². The fourth-order valence-electron chi connectivity index (χ4n) is 2.11. The van der Waals surface area contributed by atoms with Crippen LogP contribution in [0.2, 0.25) is 0 Å². The lowest BCUT2D eigenvalue weighted by Gasteiger charge is -2.22. The number of alkyl halides is 3. The second-order valence-electron chi connectivity index (χ2n) is 5.79. The van der Waals surface area contributed by atoms with Crippen molar-refractivity contribution in [2.45, 2.75) is 19.5 Å². The first-order valence-electron chi connectivity index (χ1n) is 7.13. The van der Waals surface area contributed by atoms with Crippen molar-refractivity contribution in [1.29, 1.82) is 0 Å². The van der Waals surface area contributed by atoms with E-state index in [4.69, 9.17) is 0 Å². The van der Waals surface area contributed by atoms with Crippen LogP contribution < -0.4 is 0 Å². The molecule has 0 fully saturated rings. The van der Waals surface area contributed by atoms with Gasteiger partial charge in [-0.2, -0.15) is 13.2 Å². The molecule has 1 atom stereocenters. The molecule has 1 aromatic rings. The van der Waals surface area contributed by atoms with E-state index in [0.29, 0.717) is 5.56 Å². The normalized spacial score (nSPS) is 12.7. The molecule has 23 heavy (non-hydrogen) atoms. The van der Waals surface area contributed by atoms with Crippen LogP contribution in [0.4, 0.5) is 13.2 Å². The summed E-state index contributed by atoms with van der Waals surface area (Å²) in [6.07, 6.45) is -4.22. The van der Waals surface area contributed by atoms with Crippen LogP contribution in [0.5, 0.6) is 0 Å². The van der Waals surface area contributed by atoms with Gasteiger partial charge in [0.1, 0.15) is 0 Å². The molecule has 0 bridgehead atoms. The predicted octanol–water partition coefficient (Wildman–Crippen LogP) is 2.43. The van der Waals surface area contributed by atoms with Gasteiger partial charge < -0.3 is 9.80 Å². The Labute approximate surface area is 133 Å². The molecular formula is C16H21F3N2O2. The average molecular weight is 330 g/mol. The van der Waals surface area contributed by atoms with Crippen LogP contribution in [0.25, 0.3) is 0 Å². The maximum atomic E-state index is 12.7. The summed E-state index contributed by atoms with van der Waals surface area (Å²) in [7, 11) is 4.69. The van der Waals surface area contributed by atoms with Gasteiger partial charge in [0.25, 0.3) is 0 Å². The first kappa shape index (κ1) is 19.0. The lowest BCUT2D eigenvalue weighted by atomic mass is 9.98. The zero-order valence-corrected chi connectivity index (χ0v) is 13.6. The highest BCUT2D eigenvalue weighted by Crippen LogP contribution is 2.30. The fourth-order valence-corrected chi connectivity index (χ4v) is 2.11. The van der Waals surface area contributed by atoms with Gasteiger partial charge in [-0.1, -0.05) is 25.1 Å². The molecular weight excluding hydrogens is 309 g/mol. The van der Waals surface area contributed by atoms with E-state index < -0.39 is 17.7 Å². The summed E-state index contributed by atoms with van der Waals surface area (Å²) in [5, 5.41) is 0. The van der Waals surface area contributed by atoms with Gasteiger partial charge in [-0.05, 0) is 18.1 Å². The Morgan fingerprint density at radius 1 is 1.17 bits per heavy atom. The van der Waals surface area contributed by atoms with Gasteiger partial charge in [0.15, 0.2) is 0 Å². The molecule has 7 heteroatoms. The van der Waals surface area contributed by atoms with E-state index in [2.05, 4.69) is 0 Å². The maximum absolute atomic E-state index is 12.7. The number of hydrogen-bond donors (Lipinski definition) is 0. The van der Waals surface area contributed by atoms with Crippen LogP contribution in [0, 0.1) is 5.92 Å². The monoisotopic (exact) mass is 330 g/mol. The molecule has 0 N–H and O–H groups in total. The van der Waals surface area contributed by atoms with Crippen LogP contribution in [-0.4, -0.2) is 49.3 Å². The van der Waals surface area contributed by atoms with Crippen molar-refractivity contribution < 1.29 is 22.8 Å². The highest BCUT2D eigenvalue weighted by Gasteiger charge is 2.30. The van der Waals surface area contributed by atoms with Crippen LogP contribution >= 0.6 is 0 Å². The van der Waals surface area contributed by atoms with Crippen molar-refractivity contribution in [2.75, 3.05) is 27.7 Å². The summed E-state index contributed by atoms with van der Waals surface area (Å²) >= 11 is 0. The Morgan fingerprint density at radius 3 is 2.30 bits per heavy atom. The Morgan fingerprint density at radius 2 is 1.78 bits per heavy atom. The molecule has 0 spiro atoms. The number of nitrogens with zero attached hydrogens (tertiary/aromatic N) is 2. The second kappa shape index (κ2) is 7.48. The number of benzene rings is 1. The van der Waals surface area contributed by atoms with Gasteiger partial charge in [-0.3, -0.25) is 9.59 Å². The molecule has 0 aromatic heterocycles. The van der Waals surface area contributed by atoms with Gasteiger partial charge in [0, 0.05) is 27.1 Å². The molecule has 0 aliphatic carbocycles. The molecule has 0 radical (unpaired) electrons. The zero-order valence-electron chi connectivity index (χ0n) is 13.6. The first-order chi connectivity index (χ1) is 10.5. The van der Waals surface area contributed by atoms with Crippen molar-refractivity contribution in [3.63, 3.8) is 0 Å². The molecule has 0 heterocycles. The fraction of sp³-hybridized carbons (Fsp3) is 0.500. The maximum Gasteiger partial charge on any atom is 0.416 e. The summed E-state index contributed by atoms with van der Waals surface area (Å²) < 4.78 is 38.1. The van der Waals surface area contributed by atoms with Crippen molar-refractivity contribution in [3.05, 3.63) is 35.4 Å². The standard InChI is InChI=1S/C16H21F3N2O2/c1-11(15(23)21(4)10-14(22)20(2)3)8-12-6-5-7-13(9-12)16(17,18)19/h5-7,9,11H,8,10H2,1-4H3/t11-/m1/s1. The number of likely N-dealkylation sites (N-methyl/N-ethyl adjacent to an activating group) is 2. The number of amides is 2. The van der Waals surface area contributed by atoms with E-state index in [1.54, 1.807) is 27.1 Å². The molecule has 0 aliphatic heterocycles. The van der Waals surface area contributed by atoms with Crippen molar-refractivity contribution >= 4 is 11.8 Å². The Balaban J connectivity index is 2.74. The predicted molar refractivity (Wildman–Crippen MR) is 80.6 cm³/mol. The third kappa shape index (κ3) is 5.58. The summed E-state index contributed by atoms with van der Waals surface area (Å²) in [6, 6.07) is 4.94. The molecule has 2 amide bonds. The van der Waals surface area contributed by atoms with Gasteiger partial charge in [-0.15, -0.1) is 0 Å². The van der Waals surface area contributed by atoms with Crippen molar-refractivity contribution in [1.82, 2.24) is 9.80 Å². The average Bonchev–Trinajstić information content (AvgIpc) is 2.45. The summed E-state index contributed by atoms with van der Waals surface area (Å²) in [6.45, 7) is 1.58. The zero-order chi connectivity index (χ0) is 17.8. The third-order valence-electron chi connectivity index (χ3n) is 3.47. The minimum Gasteiger partial charge on any atom is -0.347 e. The summed E-state index contributed by atoms with van der Waals surface area (Å²) in [4.78, 5) is 26.5. The number of carbonyl (C=O) groups excluding carboxylic acids is 2. The van der Waals surface area contributed by atoms with Gasteiger partial charge in [0.2, 0.25) is 11.8 Å². The molecule has 0 saturated carbocycles. The number of carbonyl (C=O) groups is 2. The van der Waals surface area contributed by atoms with Crippen LogP contribution in [0.15, 0.2) is 24.3 Å². The molecule has 0 saturated heterocycles. The van der Waals surface area contributed by atoms with Gasteiger partial charge in [-0.25, -0.2) is 0 Å².